The largest absolute Gasteiger partial charge is 0.344 e. The Morgan fingerprint density at radius 2 is 1.78 bits per heavy atom. The second-order valence-corrected chi connectivity index (χ2v) is 7.09. The summed E-state index contributed by atoms with van der Waals surface area (Å²) in [4.78, 5) is 26.2. The van der Waals surface area contributed by atoms with Crippen molar-refractivity contribution in [2.24, 2.45) is 7.05 Å². The topological polar surface area (TPSA) is 68.4 Å². The number of aryl methyl sites for hydroxylation is 1. The Labute approximate surface area is 162 Å². The zero-order valence-electron chi connectivity index (χ0n) is 15.5. The van der Waals surface area contributed by atoms with Crippen LogP contribution in [0.5, 0.6) is 0 Å². The Bertz CT molecular complexity index is 1050. The van der Waals surface area contributed by atoms with E-state index in [1.165, 1.54) is 4.68 Å². The van der Waals surface area contributed by atoms with Gasteiger partial charge < -0.3 is 10.2 Å². The third kappa shape index (κ3) is 3.86. The maximum Gasteiger partial charge on any atom is 0.274 e. The molecule has 0 bridgehead atoms. The lowest BCUT2D eigenvalue weighted by Gasteiger charge is -2.23. The molecule has 3 rings (SSSR count). The lowest BCUT2D eigenvalue weighted by atomic mass is 10.1. The minimum Gasteiger partial charge on any atom is -0.344 e. The molecule has 3 aromatic rings. The van der Waals surface area contributed by atoms with Gasteiger partial charge >= 0.3 is 0 Å². The van der Waals surface area contributed by atoms with Crippen LogP contribution in [-0.4, -0.2) is 36.3 Å². The van der Waals surface area contributed by atoms with Crippen molar-refractivity contribution in [1.29, 1.82) is 0 Å². The van der Waals surface area contributed by atoms with Crippen molar-refractivity contribution < 1.29 is 9.69 Å². The zero-order valence-corrected chi connectivity index (χ0v) is 16.2. The molecule has 0 unspecified atom stereocenters. The minimum atomic E-state index is -0.319. The van der Waals surface area contributed by atoms with Gasteiger partial charge in [0.2, 0.25) is 0 Å². The third-order valence-electron chi connectivity index (χ3n) is 4.62. The summed E-state index contributed by atoms with van der Waals surface area (Å²) in [6.07, 6.45) is 0. The molecule has 7 heteroatoms. The number of carbonyl (C=O) groups is 1. The van der Waals surface area contributed by atoms with Crippen LogP contribution in [0.2, 0.25) is 5.02 Å². The third-order valence-corrected chi connectivity index (χ3v) is 4.96. The first-order valence-corrected chi connectivity index (χ1v) is 9.06. The number of fused-ring (bicyclic) bond motifs is 1. The fourth-order valence-corrected chi connectivity index (χ4v) is 3.40. The van der Waals surface area contributed by atoms with Crippen molar-refractivity contribution in [1.82, 2.24) is 15.1 Å². The van der Waals surface area contributed by atoms with Gasteiger partial charge in [-0.2, -0.15) is 5.10 Å². The maximum atomic E-state index is 12.8. The quantitative estimate of drug-likeness (QED) is 0.693. The molecule has 0 spiro atoms. The highest BCUT2D eigenvalue weighted by molar-refractivity contribution is 6.31. The van der Waals surface area contributed by atoms with Gasteiger partial charge in [0.1, 0.15) is 6.04 Å². The predicted molar refractivity (Wildman–Crippen MR) is 106 cm³/mol. The molecular weight excluding hydrogens is 364 g/mol. The van der Waals surface area contributed by atoms with Crippen LogP contribution in [-0.2, 0) is 7.05 Å². The number of nitrogens with zero attached hydrogens (tertiary/aromatic N) is 2. The molecule has 2 N–H and O–H groups in total. The van der Waals surface area contributed by atoms with E-state index in [-0.39, 0.29) is 23.2 Å². The standard InChI is InChI=1S/C20H21ClN4O2/c1-24(2)17(15-10-6-7-11-16(15)21)12-22-19(26)18-13-8-4-5-9-14(13)20(27)25(3)23-18/h4-11,17H,12H2,1-3H3,(H,22,26)/p+1/t17-/m0/s1. The summed E-state index contributed by atoms with van der Waals surface area (Å²) in [7, 11) is 5.57. The van der Waals surface area contributed by atoms with Crippen LogP contribution in [0, 0.1) is 0 Å². The monoisotopic (exact) mass is 385 g/mol. The van der Waals surface area contributed by atoms with Gasteiger partial charge in [0.25, 0.3) is 11.5 Å². The van der Waals surface area contributed by atoms with E-state index in [1.807, 2.05) is 38.4 Å². The lowest BCUT2D eigenvalue weighted by molar-refractivity contribution is -0.890. The maximum absolute atomic E-state index is 12.8. The Morgan fingerprint density at radius 3 is 2.44 bits per heavy atom. The van der Waals surface area contributed by atoms with E-state index >= 15 is 0 Å². The summed E-state index contributed by atoms with van der Waals surface area (Å²) < 4.78 is 1.19. The van der Waals surface area contributed by atoms with Crippen LogP contribution in [0.25, 0.3) is 10.8 Å². The Hall–Kier alpha value is -2.70. The number of hydrogen-bond donors (Lipinski definition) is 2. The zero-order chi connectivity index (χ0) is 19.6. The number of rotatable bonds is 5. The molecule has 0 saturated heterocycles. The molecule has 0 saturated carbocycles. The predicted octanol–water partition coefficient (Wildman–Crippen LogP) is 1.20. The molecule has 0 fully saturated rings. The van der Waals surface area contributed by atoms with Gasteiger partial charge in [0.05, 0.1) is 26.0 Å². The van der Waals surface area contributed by atoms with Crippen LogP contribution >= 0.6 is 11.6 Å². The first-order valence-electron chi connectivity index (χ1n) is 8.69. The molecule has 6 nitrogen and oxygen atoms in total. The number of aromatic nitrogens is 2. The lowest BCUT2D eigenvalue weighted by Crippen LogP contribution is -3.07. The average Bonchev–Trinajstić information content (AvgIpc) is 2.65. The van der Waals surface area contributed by atoms with Gasteiger partial charge in [-0.3, -0.25) is 9.59 Å². The minimum absolute atomic E-state index is 0.0126. The first-order chi connectivity index (χ1) is 12.9. The highest BCUT2D eigenvalue weighted by atomic mass is 35.5. The highest BCUT2D eigenvalue weighted by Gasteiger charge is 2.23. The molecular formula is C20H22ClN4O2+. The first kappa shape index (κ1) is 19.1. The Balaban J connectivity index is 1.90. The Kier molecular flexibility index (Phi) is 5.58. The number of halogens is 1. The SMILES string of the molecule is Cn1nc(C(=O)NC[C@@H](c2ccccc2Cl)[NH+](C)C)c2ccccc2c1=O. The smallest absolute Gasteiger partial charge is 0.274 e. The van der Waals surface area contributed by atoms with E-state index in [0.29, 0.717) is 22.3 Å². The van der Waals surface area contributed by atoms with Crippen molar-refractivity contribution in [2.45, 2.75) is 6.04 Å². The van der Waals surface area contributed by atoms with Gasteiger partial charge in [0.15, 0.2) is 5.69 Å². The molecule has 140 valence electrons. The van der Waals surface area contributed by atoms with Crippen molar-refractivity contribution in [3.63, 3.8) is 0 Å². The van der Waals surface area contributed by atoms with Crippen LogP contribution < -0.4 is 15.8 Å². The number of carbonyl (C=O) groups excluding carboxylic acids is 1. The van der Waals surface area contributed by atoms with E-state index in [2.05, 4.69) is 10.4 Å². The molecule has 0 radical (unpaired) electrons. The van der Waals surface area contributed by atoms with E-state index in [1.54, 1.807) is 31.3 Å². The van der Waals surface area contributed by atoms with E-state index in [9.17, 15) is 9.59 Å². The van der Waals surface area contributed by atoms with E-state index in [0.717, 1.165) is 10.5 Å². The number of hydrogen-bond acceptors (Lipinski definition) is 3. The van der Waals surface area contributed by atoms with Crippen LogP contribution in [0.1, 0.15) is 22.1 Å². The fourth-order valence-electron chi connectivity index (χ4n) is 3.13. The fraction of sp³-hybridized carbons (Fsp3) is 0.250. The second kappa shape index (κ2) is 7.90. The van der Waals surface area contributed by atoms with Gasteiger partial charge in [-0.15, -0.1) is 0 Å². The number of quaternary nitrogens is 1. The molecule has 0 aliphatic heterocycles. The molecule has 2 aromatic carbocycles. The van der Waals surface area contributed by atoms with Crippen LogP contribution in [0.15, 0.2) is 53.3 Å². The number of benzene rings is 2. The summed E-state index contributed by atoms with van der Waals surface area (Å²) >= 11 is 6.34. The Morgan fingerprint density at radius 1 is 1.15 bits per heavy atom. The van der Waals surface area contributed by atoms with Crippen molar-refractivity contribution in [3.8, 4) is 0 Å². The van der Waals surface area contributed by atoms with Gasteiger partial charge in [-0.1, -0.05) is 48.0 Å². The summed E-state index contributed by atoms with van der Waals surface area (Å²) in [6.45, 7) is 0.393. The van der Waals surface area contributed by atoms with Crippen LogP contribution in [0.3, 0.4) is 0 Å². The molecule has 1 aromatic heterocycles. The molecule has 0 aliphatic rings. The van der Waals surface area contributed by atoms with E-state index in [4.69, 9.17) is 11.6 Å². The van der Waals surface area contributed by atoms with Crippen molar-refractivity contribution in [3.05, 3.63) is 75.2 Å². The number of likely N-dealkylation sites (N-methyl/N-ethyl adjacent to an activating group) is 1. The molecule has 0 aliphatic carbocycles. The average molecular weight is 386 g/mol. The number of amides is 1. The summed E-state index contributed by atoms with van der Waals surface area (Å²) in [5, 5.41) is 8.81. The van der Waals surface area contributed by atoms with Gasteiger partial charge in [-0.25, -0.2) is 4.68 Å². The van der Waals surface area contributed by atoms with Crippen LogP contribution in [0.4, 0.5) is 0 Å². The summed E-state index contributed by atoms with van der Waals surface area (Å²) in [6, 6.07) is 14.6. The van der Waals surface area contributed by atoms with Gasteiger partial charge in [0, 0.05) is 23.0 Å². The summed E-state index contributed by atoms with van der Waals surface area (Å²) in [5.41, 5.74) is 0.978. The molecule has 1 amide bonds. The van der Waals surface area contributed by atoms with E-state index < -0.39 is 0 Å². The molecule has 27 heavy (non-hydrogen) atoms. The van der Waals surface area contributed by atoms with Crippen molar-refractivity contribution in [2.75, 3.05) is 20.6 Å². The normalized spacial score (nSPS) is 12.3. The van der Waals surface area contributed by atoms with Crippen molar-refractivity contribution >= 4 is 28.3 Å². The number of nitrogens with one attached hydrogen (secondary N) is 2. The molecule has 1 atom stereocenters. The molecule has 1 heterocycles. The van der Waals surface area contributed by atoms with Gasteiger partial charge in [-0.05, 0) is 12.1 Å². The summed E-state index contributed by atoms with van der Waals surface area (Å²) in [5.74, 6) is -0.319. The second-order valence-electron chi connectivity index (χ2n) is 6.68. The highest BCUT2D eigenvalue weighted by Crippen LogP contribution is 2.20.